The molecule has 0 aliphatic carbocycles. The van der Waals surface area contributed by atoms with E-state index in [1.165, 1.54) is 0 Å². The van der Waals surface area contributed by atoms with Gasteiger partial charge in [-0.3, -0.25) is 9.59 Å². The van der Waals surface area contributed by atoms with Crippen molar-refractivity contribution in [1.82, 2.24) is 9.80 Å². The predicted octanol–water partition coefficient (Wildman–Crippen LogP) is 11.5. The van der Waals surface area contributed by atoms with Gasteiger partial charge in [-0.25, -0.2) is 0 Å². The third-order valence-corrected chi connectivity index (χ3v) is 14.4. The molecule has 2 unspecified atom stereocenters. The minimum atomic E-state index is -0.618. The van der Waals surface area contributed by atoms with Crippen molar-refractivity contribution in [3.8, 4) is 34.5 Å². The lowest BCUT2D eigenvalue weighted by Crippen LogP contribution is -2.61. The molecule has 0 bridgehead atoms. The van der Waals surface area contributed by atoms with Gasteiger partial charge in [-0.15, -0.1) is 12.4 Å². The molecule has 2 spiro atoms. The number of piperidine rings is 2. The van der Waals surface area contributed by atoms with Crippen molar-refractivity contribution < 1.29 is 53.0 Å². The summed E-state index contributed by atoms with van der Waals surface area (Å²) in [6.07, 6.45) is 2.07. The molecule has 396 valence electrons. The minimum absolute atomic E-state index is 0. The zero-order valence-electron chi connectivity index (χ0n) is 45.1. The maximum absolute atomic E-state index is 13.4. The number of fused-ring (bicyclic) bond motifs is 2. The fourth-order valence-electron chi connectivity index (χ4n) is 10.4. The molecule has 0 radical (unpaired) electrons. The first-order valence-electron chi connectivity index (χ1n) is 25.3. The van der Waals surface area contributed by atoms with Gasteiger partial charge in [0.2, 0.25) is 0 Å². The van der Waals surface area contributed by atoms with Crippen LogP contribution in [0.3, 0.4) is 0 Å². The SMILES string of the molecule is CC(C)O.COc1cc(C(=O)N2CCC3(CC2)Oc2ccccc2C(O)C3(C)C)ccc1OC(C)C.COc1cc(C(=O)N2CCC3(CC2)Oc2ccccc2C(OC(C)C)C3(C)C)ccc1OC(C)C.Cl. The summed E-state index contributed by atoms with van der Waals surface area (Å²) in [5.41, 5.74) is 1.43. The molecule has 4 heterocycles. The molecule has 8 rings (SSSR count). The lowest BCUT2D eigenvalue weighted by atomic mass is 9.63. The van der Waals surface area contributed by atoms with E-state index in [4.69, 9.17) is 38.3 Å². The number of ether oxygens (including phenoxy) is 7. The third-order valence-electron chi connectivity index (χ3n) is 14.4. The molecule has 72 heavy (non-hydrogen) atoms. The van der Waals surface area contributed by atoms with Gasteiger partial charge in [-0.2, -0.15) is 0 Å². The van der Waals surface area contributed by atoms with Gasteiger partial charge in [-0.1, -0.05) is 64.1 Å². The molecule has 4 aromatic rings. The lowest BCUT2D eigenvalue weighted by Gasteiger charge is -2.56. The molecule has 2 fully saturated rings. The zero-order valence-corrected chi connectivity index (χ0v) is 45.9. The van der Waals surface area contributed by atoms with Crippen LogP contribution in [-0.4, -0.2) is 108 Å². The van der Waals surface area contributed by atoms with Crippen LogP contribution in [0.1, 0.15) is 153 Å². The van der Waals surface area contributed by atoms with Gasteiger partial charge in [0.25, 0.3) is 11.8 Å². The van der Waals surface area contributed by atoms with Crippen LogP contribution >= 0.6 is 12.4 Å². The van der Waals surface area contributed by atoms with Crippen LogP contribution in [0.25, 0.3) is 0 Å². The molecule has 13 nitrogen and oxygen atoms in total. The van der Waals surface area contributed by atoms with Crippen LogP contribution < -0.4 is 28.4 Å². The smallest absolute Gasteiger partial charge is 0.253 e. The van der Waals surface area contributed by atoms with Crippen LogP contribution in [-0.2, 0) is 4.74 Å². The fourth-order valence-corrected chi connectivity index (χ4v) is 10.4. The van der Waals surface area contributed by atoms with Crippen LogP contribution in [0, 0.1) is 10.8 Å². The zero-order chi connectivity index (χ0) is 52.1. The Labute approximate surface area is 434 Å². The van der Waals surface area contributed by atoms with Gasteiger partial charge in [0.1, 0.15) is 22.7 Å². The number of carbonyl (C=O) groups excluding carboxylic acids is 2. The van der Waals surface area contributed by atoms with Crippen LogP contribution in [0.15, 0.2) is 84.9 Å². The lowest BCUT2D eigenvalue weighted by molar-refractivity contribution is -0.180. The molecule has 2 saturated heterocycles. The van der Waals surface area contributed by atoms with Crippen LogP contribution in [0.2, 0.25) is 0 Å². The third kappa shape index (κ3) is 12.2. The average molecular weight is 1020 g/mol. The first-order valence-corrected chi connectivity index (χ1v) is 25.3. The van der Waals surface area contributed by atoms with E-state index in [0.29, 0.717) is 73.1 Å². The summed E-state index contributed by atoms with van der Waals surface area (Å²) in [4.78, 5) is 30.4. The second-order valence-corrected chi connectivity index (χ2v) is 21.4. The van der Waals surface area contributed by atoms with Crippen molar-refractivity contribution in [3.05, 3.63) is 107 Å². The summed E-state index contributed by atoms with van der Waals surface area (Å²) >= 11 is 0. The number of methoxy groups -OCH3 is 2. The molecule has 14 heteroatoms. The summed E-state index contributed by atoms with van der Waals surface area (Å²) in [5.74, 6) is 3.98. The van der Waals surface area contributed by atoms with E-state index < -0.39 is 22.7 Å². The number of para-hydroxylation sites is 2. The Hall–Kier alpha value is -5.21. The Balaban J connectivity index is 0.000000247. The van der Waals surface area contributed by atoms with Gasteiger partial charge in [-0.05, 0) is 104 Å². The second kappa shape index (κ2) is 23.8. The number of halogens is 1. The van der Waals surface area contributed by atoms with E-state index in [1.54, 1.807) is 52.3 Å². The van der Waals surface area contributed by atoms with Crippen molar-refractivity contribution >= 4 is 24.2 Å². The molecular formula is C58H81ClN2O11. The van der Waals surface area contributed by atoms with Gasteiger partial charge in [0.05, 0.1) is 44.7 Å². The molecule has 4 aliphatic heterocycles. The van der Waals surface area contributed by atoms with Crippen molar-refractivity contribution in [2.75, 3.05) is 40.4 Å². The highest BCUT2D eigenvalue weighted by atomic mass is 35.5. The van der Waals surface area contributed by atoms with Gasteiger partial charge >= 0.3 is 0 Å². The number of carbonyl (C=O) groups is 2. The Morgan fingerprint density at radius 2 is 0.944 bits per heavy atom. The maximum Gasteiger partial charge on any atom is 0.253 e. The summed E-state index contributed by atoms with van der Waals surface area (Å²) in [5, 5.41) is 19.2. The van der Waals surface area contributed by atoms with Gasteiger partial charge < -0.3 is 53.2 Å². The van der Waals surface area contributed by atoms with Crippen molar-refractivity contribution in [3.63, 3.8) is 0 Å². The maximum atomic E-state index is 13.4. The summed E-state index contributed by atoms with van der Waals surface area (Å²) < 4.78 is 42.3. The molecule has 0 saturated carbocycles. The summed E-state index contributed by atoms with van der Waals surface area (Å²) in [7, 11) is 3.17. The molecular weight excluding hydrogens is 936 g/mol. The molecule has 2 atom stereocenters. The molecule has 2 N–H and O–H groups in total. The van der Waals surface area contributed by atoms with Crippen LogP contribution in [0.5, 0.6) is 34.5 Å². The number of hydrogen-bond donors (Lipinski definition) is 2. The highest BCUT2D eigenvalue weighted by Gasteiger charge is 2.58. The largest absolute Gasteiger partial charge is 0.493 e. The second-order valence-electron chi connectivity index (χ2n) is 21.4. The topological polar surface area (TPSA) is 146 Å². The molecule has 4 aromatic carbocycles. The normalized spacial score (nSPS) is 19.8. The first kappa shape index (κ1) is 57.7. The Bertz CT molecular complexity index is 2430. The standard InChI is InChI=1S/C29H39NO5.C26H33NO5.C3H8O.ClH/c1-19(2)33-24-13-12-21(18-25(24)32-7)27(31)30-16-14-29(15-17-30)28(5,6)26(34-20(3)4)22-10-8-9-11-23(22)35-29;1-17(2)31-21-11-10-18(16-22(21)30-5)24(29)27-14-12-26(13-15-27)25(3,4)23(28)19-8-6-7-9-20(19)32-26;1-3(2)4;/h8-13,18-20,26H,14-17H2,1-7H3;6-11,16-17,23,28H,12-15H2,1-5H3;3-4H,1-2H3;1H. The predicted molar refractivity (Wildman–Crippen MR) is 283 cm³/mol. The fraction of sp³-hybridized carbons (Fsp3) is 0.552. The van der Waals surface area contributed by atoms with E-state index in [-0.39, 0.29) is 60.2 Å². The Morgan fingerprint density at radius 3 is 1.33 bits per heavy atom. The summed E-state index contributed by atoms with van der Waals surface area (Å²) in [6, 6.07) is 26.6. The van der Waals surface area contributed by atoms with E-state index in [0.717, 1.165) is 35.5 Å². The quantitative estimate of drug-likeness (QED) is 0.157. The van der Waals surface area contributed by atoms with E-state index in [1.807, 2.05) is 92.1 Å². The molecule has 2 amide bonds. The highest BCUT2D eigenvalue weighted by Crippen LogP contribution is 2.58. The van der Waals surface area contributed by atoms with Crippen molar-refractivity contribution in [2.24, 2.45) is 10.8 Å². The minimum Gasteiger partial charge on any atom is -0.493 e. The van der Waals surface area contributed by atoms with E-state index >= 15 is 0 Å². The number of amides is 2. The summed E-state index contributed by atoms with van der Waals surface area (Å²) in [6.45, 7) is 26.4. The number of hydrogen-bond acceptors (Lipinski definition) is 11. The number of rotatable bonds is 10. The van der Waals surface area contributed by atoms with Crippen molar-refractivity contribution in [1.29, 1.82) is 0 Å². The Morgan fingerprint density at radius 1 is 0.569 bits per heavy atom. The number of aliphatic hydroxyl groups excluding tert-OH is 2. The monoisotopic (exact) mass is 1020 g/mol. The highest BCUT2D eigenvalue weighted by molar-refractivity contribution is 5.95. The molecule has 4 aliphatic rings. The van der Waals surface area contributed by atoms with Gasteiger partial charge in [0.15, 0.2) is 23.0 Å². The van der Waals surface area contributed by atoms with Crippen molar-refractivity contribution in [2.45, 2.75) is 157 Å². The number of aliphatic hydroxyl groups is 2. The number of nitrogens with zero attached hydrogens (tertiary/aromatic N) is 2. The van der Waals surface area contributed by atoms with E-state index in [2.05, 4.69) is 47.6 Å². The number of benzene rings is 4. The van der Waals surface area contributed by atoms with E-state index in [9.17, 15) is 14.7 Å². The molecule has 0 aromatic heterocycles. The average Bonchev–Trinajstić information content (AvgIpc) is 3.32. The first-order chi connectivity index (χ1) is 33.5. The van der Waals surface area contributed by atoms with Gasteiger partial charge in [0, 0.05) is 91.1 Å². The number of likely N-dealkylation sites (tertiary alicyclic amines) is 2. The van der Waals surface area contributed by atoms with Crippen LogP contribution in [0.4, 0.5) is 0 Å². The Kier molecular flexibility index (Phi) is 19.0.